The van der Waals surface area contributed by atoms with Crippen LogP contribution in [0.25, 0.3) is 6.08 Å². The molecule has 0 spiro atoms. The van der Waals surface area contributed by atoms with Crippen molar-refractivity contribution in [3.05, 3.63) is 76.6 Å². The summed E-state index contributed by atoms with van der Waals surface area (Å²) in [6.07, 6.45) is 3.51. The zero-order chi connectivity index (χ0) is 24.2. The van der Waals surface area contributed by atoms with E-state index in [1.165, 1.54) is 11.8 Å². The fourth-order valence-electron chi connectivity index (χ4n) is 3.71. The van der Waals surface area contributed by atoms with E-state index in [1.807, 2.05) is 57.2 Å². The highest BCUT2D eigenvalue weighted by Crippen LogP contribution is 2.36. The monoisotopic (exact) mass is 476 g/mol. The van der Waals surface area contributed by atoms with Crippen molar-refractivity contribution >= 4 is 34.6 Å². The van der Waals surface area contributed by atoms with Crippen LogP contribution in [0.3, 0.4) is 0 Å². The zero-order valence-electron chi connectivity index (χ0n) is 20.0. The molecule has 0 aliphatic carbocycles. The standard InChI is InChI=1S/C26H28N4O3S/c1-6-7-23-28-24(33-29-23)18(4)34-26-27-22(15-19-8-10-21(32-5)11-9-19)25(31)30(26)20-13-16(2)12-17(3)14-20/h8-15,18H,6-7H2,1-5H3/b22-15-. The van der Waals surface area contributed by atoms with Gasteiger partial charge in [0.15, 0.2) is 11.0 Å². The van der Waals surface area contributed by atoms with Gasteiger partial charge < -0.3 is 9.26 Å². The highest BCUT2D eigenvalue weighted by Gasteiger charge is 2.34. The van der Waals surface area contributed by atoms with Gasteiger partial charge in [-0.2, -0.15) is 4.98 Å². The molecule has 3 aromatic rings. The molecule has 1 atom stereocenters. The fourth-order valence-corrected chi connectivity index (χ4v) is 4.66. The fraction of sp³-hybridized carbons (Fsp3) is 0.308. The van der Waals surface area contributed by atoms with Gasteiger partial charge >= 0.3 is 0 Å². The molecule has 8 heteroatoms. The summed E-state index contributed by atoms with van der Waals surface area (Å²) in [5, 5.41) is 4.47. The lowest BCUT2D eigenvalue weighted by atomic mass is 10.1. The van der Waals surface area contributed by atoms with E-state index in [0.29, 0.717) is 22.6 Å². The van der Waals surface area contributed by atoms with Crippen LogP contribution in [0.5, 0.6) is 5.75 Å². The number of nitrogens with zero attached hydrogens (tertiary/aromatic N) is 4. The van der Waals surface area contributed by atoms with Crippen LogP contribution in [0.15, 0.2) is 57.7 Å². The summed E-state index contributed by atoms with van der Waals surface area (Å²) in [6.45, 7) is 8.09. The molecule has 1 unspecified atom stereocenters. The van der Waals surface area contributed by atoms with E-state index in [4.69, 9.17) is 14.3 Å². The minimum Gasteiger partial charge on any atom is -0.497 e. The Bertz CT molecular complexity index is 1230. The number of aromatic nitrogens is 2. The quantitative estimate of drug-likeness (QED) is 0.396. The summed E-state index contributed by atoms with van der Waals surface area (Å²) >= 11 is 1.43. The number of anilines is 1. The molecule has 0 saturated heterocycles. The van der Waals surface area contributed by atoms with Crippen LogP contribution >= 0.6 is 11.8 Å². The lowest BCUT2D eigenvalue weighted by molar-refractivity contribution is -0.113. The SMILES string of the molecule is CCCc1noc(C(C)SC2=N/C(=C\c3ccc(OC)cc3)C(=O)N2c2cc(C)cc(C)c2)n1. The van der Waals surface area contributed by atoms with Crippen molar-refractivity contribution in [2.45, 2.75) is 45.8 Å². The largest absolute Gasteiger partial charge is 0.497 e. The molecule has 0 radical (unpaired) electrons. The number of aliphatic imine (C=N–C) groups is 1. The second-order valence-electron chi connectivity index (χ2n) is 8.24. The molecule has 0 fully saturated rings. The van der Waals surface area contributed by atoms with Gasteiger partial charge in [0.05, 0.1) is 18.0 Å². The number of carbonyl (C=O) groups is 1. The minimum absolute atomic E-state index is 0.168. The Hall–Kier alpha value is -3.39. The van der Waals surface area contributed by atoms with Crippen molar-refractivity contribution in [2.75, 3.05) is 12.0 Å². The lowest BCUT2D eigenvalue weighted by Crippen LogP contribution is -2.30. The molecule has 1 amide bonds. The van der Waals surface area contributed by atoms with Crippen LogP contribution in [0.2, 0.25) is 0 Å². The first kappa shape index (κ1) is 23.8. The highest BCUT2D eigenvalue weighted by molar-refractivity contribution is 8.14. The lowest BCUT2D eigenvalue weighted by Gasteiger charge is -2.20. The van der Waals surface area contributed by atoms with E-state index >= 15 is 0 Å². The first-order valence-electron chi connectivity index (χ1n) is 11.2. The van der Waals surface area contributed by atoms with E-state index in [-0.39, 0.29) is 11.2 Å². The Kier molecular flexibility index (Phi) is 7.17. The number of ether oxygens (including phenoxy) is 1. The van der Waals surface area contributed by atoms with Gasteiger partial charge in [-0.05, 0) is 74.2 Å². The number of aryl methyl sites for hydroxylation is 3. The molecule has 0 saturated carbocycles. The molecule has 2 aromatic carbocycles. The first-order valence-corrected chi connectivity index (χ1v) is 12.1. The minimum atomic E-state index is -0.173. The second kappa shape index (κ2) is 10.3. The Morgan fingerprint density at radius 3 is 2.50 bits per heavy atom. The molecule has 4 rings (SSSR count). The third-order valence-electron chi connectivity index (χ3n) is 5.30. The number of thioether (sulfide) groups is 1. The van der Waals surface area contributed by atoms with Crippen LogP contribution in [0.1, 0.15) is 53.9 Å². The summed E-state index contributed by atoms with van der Waals surface area (Å²) in [5.74, 6) is 1.80. The number of benzene rings is 2. The van der Waals surface area contributed by atoms with Gasteiger partial charge in [-0.1, -0.05) is 42.0 Å². The molecule has 2 heterocycles. The summed E-state index contributed by atoms with van der Waals surface area (Å²) < 4.78 is 10.7. The average molecular weight is 477 g/mol. The van der Waals surface area contributed by atoms with Crippen molar-refractivity contribution in [3.8, 4) is 5.75 Å². The Morgan fingerprint density at radius 1 is 1.15 bits per heavy atom. The molecular weight excluding hydrogens is 448 g/mol. The third kappa shape index (κ3) is 5.22. The highest BCUT2D eigenvalue weighted by atomic mass is 32.2. The van der Waals surface area contributed by atoms with Crippen molar-refractivity contribution in [2.24, 2.45) is 4.99 Å². The Balaban J connectivity index is 1.68. The van der Waals surface area contributed by atoms with E-state index < -0.39 is 0 Å². The molecule has 34 heavy (non-hydrogen) atoms. The molecule has 1 aromatic heterocycles. The van der Waals surface area contributed by atoms with Crippen molar-refractivity contribution in [1.29, 1.82) is 0 Å². The number of hydrogen-bond donors (Lipinski definition) is 0. The van der Waals surface area contributed by atoms with Crippen LogP contribution in [-0.4, -0.2) is 28.3 Å². The molecule has 176 valence electrons. The summed E-state index contributed by atoms with van der Waals surface area (Å²) in [5.41, 5.74) is 4.18. The third-order valence-corrected chi connectivity index (χ3v) is 6.34. The zero-order valence-corrected chi connectivity index (χ0v) is 20.8. The van der Waals surface area contributed by atoms with E-state index in [1.54, 1.807) is 18.1 Å². The molecule has 1 aliphatic heterocycles. The van der Waals surface area contributed by atoms with E-state index in [9.17, 15) is 4.79 Å². The topological polar surface area (TPSA) is 80.8 Å². The number of hydrogen-bond acceptors (Lipinski definition) is 7. The van der Waals surface area contributed by atoms with Gasteiger partial charge in [0.25, 0.3) is 5.91 Å². The molecule has 0 bridgehead atoms. The maximum Gasteiger partial charge on any atom is 0.283 e. The molecular formula is C26H28N4O3S. The van der Waals surface area contributed by atoms with Gasteiger partial charge in [-0.3, -0.25) is 9.69 Å². The maximum atomic E-state index is 13.5. The molecule has 7 nitrogen and oxygen atoms in total. The summed E-state index contributed by atoms with van der Waals surface area (Å²) in [7, 11) is 1.62. The van der Waals surface area contributed by atoms with Gasteiger partial charge in [0.2, 0.25) is 5.89 Å². The van der Waals surface area contributed by atoms with Gasteiger partial charge in [-0.15, -0.1) is 0 Å². The predicted octanol–water partition coefficient (Wildman–Crippen LogP) is 5.89. The van der Waals surface area contributed by atoms with Crippen molar-refractivity contribution in [1.82, 2.24) is 10.1 Å². The maximum absolute atomic E-state index is 13.5. The van der Waals surface area contributed by atoms with Crippen LogP contribution in [0.4, 0.5) is 5.69 Å². The average Bonchev–Trinajstić information content (AvgIpc) is 3.38. The molecule has 1 aliphatic rings. The predicted molar refractivity (Wildman–Crippen MR) is 136 cm³/mol. The van der Waals surface area contributed by atoms with Gasteiger partial charge in [0, 0.05) is 6.42 Å². The number of amides is 1. The Morgan fingerprint density at radius 2 is 1.85 bits per heavy atom. The van der Waals surface area contributed by atoms with Crippen molar-refractivity contribution < 1.29 is 14.1 Å². The smallest absolute Gasteiger partial charge is 0.283 e. The van der Waals surface area contributed by atoms with Crippen molar-refractivity contribution in [3.63, 3.8) is 0 Å². The van der Waals surface area contributed by atoms with E-state index in [0.717, 1.165) is 41.0 Å². The number of rotatable bonds is 7. The number of methoxy groups -OCH3 is 1. The van der Waals surface area contributed by atoms with Crippen LogP contribution < -0.4 is 9.64 Å². The number of amidine groups is 1. The normalized spacial score (nSPS) is 15.7. The molecule has 0 N–H and O–H groups in total. The van der Waals surface area contributed by atoms with Gasteiger partial charge in [0.1, 0.15) is 11.4 Å². The van der Waals surface area contributed by atoms with E-state index in [2.05, 4.69) is 23.1 Å². The summed E-state index contributed by atoms with van der Waals surface area (Å²) in [6, 6.07) is 13.6. The first-order chi connectivity index (χ1) is 16.4. The second-order valence-corrected chi connectivity index (χ2v) is 9.55. The summed E-state index contributed by atoms with van der Waals surface area (Å²) in [4.78, 5) is 24.4. The van der Waals surface area contributed by atoms with Crippen LogP contribution in [-0.2, 0) is 11.2 Å². The number of carbonyl (C=O) groups excluding carboxylic acids is 1. The van der Waals surface area contributed by atoms with Crippen LogP contribution in [0, 0.1) is 13.8 Å². The Labute approximate surface area is 203 Å². The van der Waals surface area contributed by atoms with Gasteiger partial charge in [-0.25, -0.2) is 4.99 Å².